The van der Waals surface area contributed by atoms with Crippen molar-refractivity contribution < 1.29 is 22.6 Å². The summed E-state index contributed by atoms with van der Waals surface area (Å²) in [4.78, 5) is 0. The van der Waals surface area contributed by atoms with Gasteiger partial charge in [0, 0.05) is 23.7 Å². The minimum absolute atomic E-state index is 0.0416. The second-order valence-electron chi connectivity index (χ2n) is 9.89. The second kappa shape index (κ2) is 11.7. The lowest BCUT2D eigenvalue weighted by Gasteiger charge is -2.33. The van der Waals surface area contributed by atoms with Gasteiger partial charge in [0.15, 0.2) is 12.5 Å². The highest BCUT2D eigenvalue weighted by Gasteiger charge is 2.37. The molecule has 2 nitrogen and oxygen atoms in total. The molecule has 186 valence electrons. The van der Waals surface area contributed by atoms with Crippen LogP contribution in [-0.2, 0) is 9.47 Å². The summed E-state index contributed by atoms with van der Waals surface area (Å²) in [6, 6.07) is 0. The van der Waals surface area contributed by atoms with Crippen LogP contribution in [0.1, 0.15) is 52.4 Å². The van der Waals surface area contributed by atoms with E-state index in [0.717, 1.165) is 18.4 Å². The average Bonchev–Trinajstić information content (AvgIpc) is 2.85. The Morgan fingerprint density at radius 3 is 2.44 bits per heavy atom. The van der Waals surface area contributed by atoms with Gasteiger partial charge in [0.05, 0.1) is 13.2 Å². The monoisotopic (exact) mass is 474 g/mol. The highest BCUT2D eigenvalue weighted by Crippen LogP contribution is 2.40. The topological polar surface area (TPSA) is 18.5 Å². The Labute approximate surface area is 202 Å². The lowest BCUT2D eigenvalue weighted by Crippen LogP contribution is -2.34. The largest absolute Gasteiger partial charge is 0.352 e. The standard InChI is InChI=1S/C29H37F3O2/c1-3-4-5-6-7-22-12-15-26(29(32)28(22)31)21-10-8-20(9-11-21)23-13-14-25(27(30)16-23)24-17-33-19(2)34-18-24/h5-6,8-10,14-16,19,21-24,28-29H,3-4,7,11-13,17-18H2,1-2H3/b6-5-. The van der Waals surface area contributed by atoms with Crippen molar-refractivity contribution in [1.82, 2.24) is 0 Å². The van der Waals surface area contributed by atoms with E-state index in [4.69, 9.17) is 9.47 Å². The van der Waals surface area contributed by atoms with Crippen LogP contribution >= 0.6 is 0 Å². The van der Waals surface area contributed by atoms with Crippen LogP contribution in [0.5, 0.6) is 0 Å². The first kappa shape index (κ1) is 25.2. The number of rotatable bonds is 7. The molecule has 1 aliphatic heterocycles. The zero-order valence-corrected chi connectivity index (χ0v) is 20.3. The SMILES string of the molecule is CCC/C=C\CC1CC=C(C2C=CC(C3C=C(F)C(C4COC(C)OC4)=CC3)=CC2)C(F)C1F. The summed E-state index contributed by atoms with van der Waals surface area (Å²) in [5.74, 6) is -0.744. The van der Waals surface area contributed by atoms with Crippen LogP contribution in [0.15, 0.2) is 71.2 Å². The maximum atomic E-state index is 15.0. The van der Waals surface area contributed by atoms with Gasteiger partial charge in [-0.15, -0.1) is 0 Å². The predicted molar refractivity (Wildman–Crippen MR) is 130 cm³/mol. The summed E-state index contributed by atoms with van der Waals surface area (Å²) >= 11 is 0. The van der Waals surface area contributed by atoms with Crippen molar-refractivity contribution in [2.24, 2.45) is 23.7 Å². The number of unbranched alkanes of at least 4 members (excludes halogenated alkanes) is 1. The molecule has 0 aromatic carbocycles. The van der Waals surface area contributed by atoms with E-state index in [9.17, 15) is 13.2 Å². The van der Waals surface area contributed by atoms with Crippen molar-refractivity contribution in [1.29, 1.82) is 0 Å². The van der Waals surface area contributed by atoms with E-state index in [2.05, 4.69) is 19.1 Å². The Hall–Kier alpha value is -1.85. The second-order valence-corrected chi connectivity index (χ2v) is 9.89. The lowest BCUT2D eigenvalue weighted by molar-refractivity contribution is -0.183. The van der Waals surface area contributed by atoms with Gasteiger partial charge in [0.25, 0.3) is 0 Å². The minimum Gasteiger partial charge on any atom is -0.352 e. The summed E-state index contributed by atoms with van der Waals surface area (Å²) in [5.41, 5.74) is 2.27. The van der Waals surface area contributed by atoms with Gasteiger partial charge < -0.3 is 9.47 Å². The van der Waals surface area contributed by atoms with E-state index in [1.807, 2.05) is 37.3 Å². The number of hydrogen-bond donors (Lipinski definition) is 0. The molecular formula is C29H37F3O2. The smallest absolute Gasteiger partial charge is 0.154 e. The van der Waals surface area contributed by atoms with Crippen molar-refractivity contribution in [3.05, 3.63) is 71.2 Å². The fourth-order valence-corrected chi connectivity index (χ4v) is 5.32. The summed E-state index contributed by atoms with van der Waals surface area (Å²) in [7, 11) is 0. The van der Waals surface area contributed by atoms with Crippen molar-refractivity contribution in [3.8, 4) is 0 Å². The van der Waals surface area contributed by atoms with Crippen LogP contribution in [0.25, 0.3) is 0 Å². The molecule has 4 aliphatic rings. The molecule has 0 aromatic heterocycles. The Morgan fingerprint density at radius 1 is 1.00 bits per heavy atom. The van der Waals surface area contributed by atoms with E-state index >= 15 is 0 Å². The highest BCUT2D eigenvalue weighted by molar-refractivity contribution is 5.40. The Balaban J connectivity index is 1.33. The molecule has 0 amide bonds. The maximum Gasteiger partial charge on any atom is 0.154 e. The molecule has 0 radical (unpaired) electrons. The normalized spacial score (nSPS) is 36.7. The number of allylic oxidation sites excluding steroid dienone is 11. The molecule has 34 heavy (non-hydrogen) atoms. The van der Waals surface area contributed by atoms with Crippen LogP contribution in [0.3, 0.4) is 0 Å². The van der Waals surface area contributed by atoms with Gasteiger partial charge in [-0.1, -0.05) is 55.9 Å². The van der Waals surface area contributed by atoms with E-state index in [1.165, 1.54) is 0 Å². The number of ether oxygens (including phenoxy) is 2. The first-order valence-corrected chi connectivity index (χ1v) is 12.8. The summed E-state index contributed by atoms with van der Waals surface area (Å²) in [6.45, 7) is 4.88. The van der Waals surface area contributed by atoms with Gasteiger partial charge in [-0.3, -0.25) is 0 Å². The van der Waals surface area contributed by atoms with Gasteiger partial charge in [-0.25, -0.2) is 13.2 Å². The van der Waals surface area contributed by atoms with Crippen molar-refractivity contribution >= 4 is 0 Å². The fraction of sp³-hybridized carbons (Fsp3) is 0.586. The Kier molecular flexibility index (Phi) is 8.70. The number of halogens is 3. The van der Waals surface area contributed by atoms with E-state index in [-0.39, 0.29) is 35.8 Å². The Bertz CT molecular complexity index is 889. The fourth-order valence-electron chi connectivity index (χ4n) is 5.32. The zero-order chi connectivity index (χ0) is 24.1. The number of hydrogen-bond acceptors (Lipinski definition) is 2. The predicted octanol–water partition coefficient (Wildman–Crippen LogP) is 7.67. The molecule has 1 heterocycles. The lowest BCUT2D eigenvalue weighted by atomic mass is 9.76. The molecule has 4 rings (SSSR count). The van der Waals surface area contributed by atoms with Crippen LogP contribution in [0, 0.1) is 23.7 Å². The molecule has 0 spiro atoms. The Morgan fingerprint density at radius 2 is 1.76 bits per heavy atom. The van der Waals surface area contributed by atoms with Crippen LogP contribution < -0.4 is 0 Å². The molecule has 0 saturated carbocycles. The summed E-state index contributed by atoms with van der Waals surface area (Å²) in [5, 5.41) is 0. The van der Waals surface area contributed by atoms with E-state index < -0.39 is 12.3 Å². The van der Waals surface area contributed by atoms with E-state index in [1.54, 1.807) is 6.08 Å². The van der Waals surface area contributed by atoms with Gasteiger partial charge >= 0.3 is 0 Å². The van der Waals surface area contributed by atoms with Gasteiger partial charge in [-0.2, -0.15) is 0 Å². The van der Waals surface area contributed by atoms with Crippen LogP contribution in [0.4, 0.5) is 13.2 Å². The third-order valence-electron chi connectivity index (χ3n) is 7.47. The molecule has 5 unspecified atom stereocenters. The molecule has 1 saturated heterocycles. The molecular weight excluding hydrogens is 437 g/mol. The third-order valence-corrected chi connectivity index (χ3v) is 7.47. The van der Waals surface area contributed by atoms with Crippen LogP contribution in [-0.4, -0.2) is 31.8 Å². The molecule has 0 aromatic rings. The van der Waals surface area contributed by atoms with Crippen molar-refractivity contribution in [2.75, 3.05) is 13.2 Å². The zero-order valence-electron chi connectivity index (χ0n) is 20.3. The summed E-state index contributed by atoms with van der Waals surface area (Å²) in [6.07, 6.45) is 16.9. The van der Waals surface area contributed by atoms with Gasteiger partial charge in [0.2, 0.25) is 0 Å². The first-order chi connectivity index (χ1) is 16.5. The third kappa shape index (κ3) is 5.85. The highest BCUT2D eigenvalue weighted by atomic mass is 19.2. The van der Waals surface area contributed by atoms with Crippen molar-refractivity contribution in [2.45, 2.75) is 71.0 Å². The van der Waals surface area contributed by atoms with Gasteiger partial charge in [0.1, 0.15) is 12.0 Å². The van der Waals surface area contributed by atoms with Gasteiger partial charge in [-0.05, 0) is 61.8 Å². The molecule has 3 aliphatic carbocycles. The quantitative estimate of drug-likeness (QED) is 0.353. The molecule has 0 bridgehead atoms. The molecule has 1 fully saturated rings. The number of alkyl halides is 2. The first-order valence-electron chi connectivity index (χ1n) is 12.8. The maximum absolute atomic E-state index is 15.0. The molecule has 5 heteroatoms. The average molecular weight is 475 g/mol. The minimum atomic E-state index is -1.55. The van der Waals surface area contributed by atoms with Crippen molar-refractivity contribution in [3.63, 3.8) is 0 Å². The molecule has 5 atom stereocenters. The van der Waals surface area contributed by atoms with E-state index in [0.29, 0.717) is 50.0 Å². The summed E-state index contributed by atoms with van der Waals surface area (Å²) < 4.78 is 55.7. The van der Waals surface area contributed by atoms with Crippen LogP contribution in [0.2, 0.25) is 0 Å². The molecule has 0 N–H and O–H groups in total.